The number of hydrogen-bond donors (Lipinski definition) is 1. The van der Waals surface area contributed by atoms with Crippen LogP contribution in [0.4, 0.5) is 10.1 Å². The zero-order valence-electron chi connectivity index (χ0n) is 10.9. The molecule has 0 spiro atoms. The molecule has 5 heteroatoms. The molecule has 0 heterocycles. The normalized spacial score (nSPS) is 10.3. The Morgan fingerprint density at radius 3 is 2.70 bits per heavy atom. The Hall–Kier alpha value is -1.46. The van der Waals surface area contributed by atoms with Gasteiger partial charge >= 0.3 is 0 Å². The molecule has 0 radical (unpaired) electrons. The van der Waals surface area contributed by atoms with Gasteiger partial charge in [0, 0.05) is 34.9 Å². The third kappa shape index (κ3) is 3.35. The van der Waals surface area contributed by atoms with Crippen LogP contribution in [0.3, 0.4) is 0 Å². The first-order chi connectivity index (χ1) is 9.49. The highest BCUT2D eigenvalue weighted by Crippen LogP contribution is 2.23. The van der Waals surface area contributed by atoms with Gasteiger partial charge in [-0.3, -0.25) is 0 Å². The molecule has 0 unspecified atom stereocenters. The number of nitrogens with two attached hydrogens (primary N) is 1. The largest absolute Gasteiger partial charge is 0.389 e. The van der Waals surface area contributed by atoms with Gasteiger partial charge in [-0.2, -0.15) is 0 Å². The summed E-state index contributed by atoms with van der Waals surface area (Å²) in [7, 11) is 1.89. The van der Waals surface area contributed by atoms with Crippen LogP contribution in [0, 0.1) is 5.82 Å². The van der Waals surface area contributed by atoms with E-state index in [0.717, 1.165) is 15.7 Å². The predicted molar refractivity (Wildman–Crippen MR) is 88.5 cm³/mol. The summed E-state index contributed by atoms with van der Waals surface area (Å²) in [6, 6.07) is 12.5. The summed E-state index contributed by atoms with van der Waals surface area (Å²) < 4.78 is 14.7. The van der Waals surface area contributed by atoms with Crippen molar-refractivity contribution in [2.75, 3.05) is 11.9 Å². The average Bonchev–Trinajstić information content (AvgIpc) is 2.42. The van der Waals surface area contributed by atoms with Gasteiger partial charge in [0.05, 0.1) is 0 Å². The highest BCUT2D eigenvalue weighted by molar-refractivity contribution is 9.10. The topological polar surface area (TPSA) is 29.3 Å². The molecular weight excluding hydrogens is 339 g/mol. The van der Waals surface area contributed by atoms with Crippen molar-refractivity contribution >= 4 is 38.8 Å². The summed E-state index contributed by atoms with van der Waals surface area (Å²) >= 11 is 8.40. The number of hydrogen-bond acceptors (Lipinski definition) is 2. The number of rotatable bonds is 4. The molecule has 0 aliphatic heterocycles. The first kappa shape index (κ1) is 14.9. The summed E-state index contributed by atoms with van der Waals surface area (Å²) in [5, 5.41) is 0. The van der Waals surface area contributed by atoms with Crippen molar-refractivity contribution in [3.63, 3.8) is 0 Å². The third-order valence-corrected chi connectivity index (χ3v) is 3.71. The second kappa shape index (κ2) is 6.33. The number of halogens is 2. The molecule has 2 aromatic rings. The van der Waals surface area contributed by atoms with Gasteiger partial charge in [-0.1, -0.05) is 40.3 Å². The molecule has 2 N–H and O–H groups in total. The molecule has 2 nitrogen and oxygen atoms in total. The van der Waals surface area contributed by atoms with Crippen LogP contribution in [0.15, 0.2) is 46.9 Å². The summed E-state index contributed by atoms with van der Waals surface area (Å²) in [5.74, 6) is -0.229. The van der Waals surface area contributed by atoms with Crippen LogP contribution < -0.4 is 10.6 Å². The van der Waals surface area contributed by atoms with Crippen molar-refractivity contribution in [3.8, 4) is 0 Å². The summed E-state index contributed by atoms with van der Waals surface area (Å²) in [6.45, 7) is 0.435. The Bertz CT molecular complexity index is 646. The minimum Gasteiger partial charge on any atom is -0.389 e. The lowest BCUT2D eigenvalue weighted by Crippen LogP contribution is -2.22. The van der Waals surface area contributed by atoms with Crippen LogP contribution in [-0.2, 0) is 6.54 Å². The number of nitrogens with zero attached hydrogens (tertiary/aromatic N) is 1. The average molecular weight is 353 g/mol. The molecule has 0 aliphatic rings. The Kier molecular flexibility index (Phi) is 4.73. The Morgan fingerprint density at radius 1 is 1.30 bits per heavy atom. The first-order valence-electron chi connectivity index (χ1n) is 6.03. The van der Waals surface area contributed by atoms with Gasteiger partial charge in [0.25, 0.3) is 0 Å². The van der Waals surface area contributed by atoms with E-state index in [-0.39, 0.29) is 5.82 Å². The lowest BCUT2D eigenvalue weighted by molar-refractivity contribution is 0.607. The lowest BCUT2D eigenvalue weighted by Gasteiger charge is -2.22. The highest BCUT2D eigenvalue weighted by atomic mass is 79.9. The highest BCUT2D eigenvalue weighted by Gasteiger charge is 2.11. The van der Waals surface area contributed by atoms with Crippen molar-refractivity contribution in [2.24, 2.45) is 5.73 Å². The Labute approximate surface area is 131 Å². The second-order valence-corrected chi connectivity index (χ2v) is 5.83. The second-order valence-electron chi connectivity index (χ2n) is 4.47. The fraction of sp³-hybridized carbons (Fsp3) is 0.133. The summed E-state index contributed by atoms with van der Waals surface area (Å²) in [6.07, 6.45) is 0. The van der Waals surface area contributed by atoms with E-state index in [9.17, 15) is 4.39 Å². The SMILES string of the molecule is CN(Cc1cc(Br)ccc1F)c1ccccc1C(N)=S. The Balaban J connectivity index is 2.31. The molecule has 0 bridgehead atoms. The van der Waals surface area contributed by atoms with Gasteiger partial charge in [0.1, 0.15) is 10.8 Å². The molecule has 0 fully saturated rings. The van der Waals surface area contributed by atoms with Crippen LogP contribution in [0.25, 0.3) is 0 Å². The molecule has 0 saturated heterocycles. The number of para-hydroxylation sites is 1. The van der Waals surface area contributed by atoms with E-state index in [4.69, 9.17) is 18.0 Å². The fourth-order valence-electron chi connectivity index (χ4n) is 2.02. The minimum atomic E-state index is -0.229. The fourth-order valence-corrected chi connectivity index (χ4v) is 2.60. The van der Waals surface area contributed by atoms with Crippen LogP contribution in [-0.4, -0.2) is 12.0 Å². The molecule has 0 aromatic heterocycles. The Morgan fingerprint density at radius 2 is 2.00 bits per heavy atom. The first-order valence-corrected chi connectivity index (χ1v) is 7.23. The van der Waals surface area contributed by atoms with Crippen LogP contribution in [0.2, 0.25) is 0 Å². The van der Waals surface area contributed by atoms with Gasteiger partial charge < -0.3 is 10.6 Å². The van der Waals surface area contributed by atoms with E-state index >= 15 is 0 Å². The van der Waals surface area contributed by atoms with Crippen molar-refractivity contribution < 1.29 is 4.39 Å². The van der Waals surface area contributed by atoms with Gasteiger partial charge in [-0.25, -0.2) is 4.39 Å². The van der Waals surface area contributed by atoms with E-state index in [1.165, 1.54) is 6.07 Å². The maximum Gasteiger partial charge on any atom is 0.128 e. The third-order valence-electron chi connectivity index (χ3n) is 3.00. The molecule has 0 atom stereocenters. The minimum absolute atomic E-state index is 0.229. The van der Waals surface area contributed by atoms with E-state index < -0.39 is 0 Å². The zero-order valence-corrected chi connectivity index (χ0v) is 13.3. The molecule has 104 valence electrons. The monoisotopic (exact) mass is 352 g/mol. The quantitative estimate of drug-likeness (QED) is 0.847. The molecule has 0 amide bonds. The molecule has 2 aromatic carbocycles. The smallest absolute Gasteiger partial charge is 0.128 e. The maximum atomic E-state index is 13.8. The van der Waals surface area contributed by atoms with E-state index in [0.29, 0.717) is 17.1 Å². The van der Waals surface area contributed by atoms with Gasteiger partial charge in [-0.05, 0) is 30.3 Å². The van der Waals surface area contributed by atoms with Crippen LogP contribution >= 0.6 is 28.1 Å². The molecule has 0 aliphatic carbocycles. The predicted octanol–water partition coefficient (Wildman–Crippen LogP) is 3.86. The van der Waals surface area contributed by atoms with E-state index in [2.05, 4.69) is 15.9 Å². The molecule has 2 rings (SSSR count). The molecule has 20 heavy (non-hydrogen) atoms. The van der Waals surface area contributed by atoms with Crippen molar-refractivity contribution in [1.82, 2.24) is 0 Å². The maximum absolute atomic E-state index is 13.8. The number of benzene rings is 2. The van der Waals surface area contributed by atoms with E-state index in [1.54, 1.807) is 12.1 Å². The van der Waals surface area contributed by atoms with Crippen LogP contribution in [0.1, 0.15) is 11.1 Å². The number of anilines is 1. The summed E-state index contributed by atoms with van der Waals surface area (Å²) in [4.78, 5) is 2.27. The van der Waals surface area contributed by atoms with E-state index in [1.807, 2.05) is 36.2 Å². The molecule has 0 saturated carbocycles. The van der Waals surface area contributed by atoms with Gasteiger partial charge in [0.2, 0.25) is 0 Å². The van der Waals surface area contributed by atoms with Gasteiger partial charge in [0.15, 0.2) is 0 Å². The summed E-state index contributed by atoms with van der Waals surface area (Å²) in [5.41, 5.74) is 8.01. The zero-order chi connectivity index (χ0) is 14.7. The lowest BCUT2D eigenvalue weighted by atomic mass is 10.1. The van der Waals surface area contributed by atoms with Crippen LogP contribution in [0.5, 0.6) is 0 Å². The number of thiocarbonyl (C=S) groups is 1. The van der Waals surface area contributed by atoms with Crippen molar-refractivity contribution in [3.05, 3.63) is 63.9 Å². The molecular formula is C15H14BrFN2S. The van der Waals surface area contributed by atoms with Crippen molar-refractivity contribution in [1.29, 1.82) is 0 Å². The van der Waals surface area contributed by atoms with Crippen molar-refractivity contribution in [2.45, 2.75) is 6.54 Å². The van der Waals surface area contributed by atoms with Gasteiger partial charge in [-0.15, -0.1) is 0 Å². The standard InChI is InChI=1S/C15H14BrFN2S/c1-19(9-10-8-11(16)6-7-13(10)17)14-5-3-2-4-12(14)15(18)20/h2-8H,9H2,1H3,(H2,18,20).